The van der Waals surface area contributed by atoms with Crippen LogP contribution in [0.1, 0.15) is 39.7 Å². The van der Waals surface area contributed by atoms with Gasteiger partial charge in [-0.3, -0.25) is 4.79 Å². The Morgan fingerprint density at radius 2 is 2.05 bits per heavy atom. The third-order valence-electron chi connectivity index (χ3n) is 2.77. The van der Waals surface area contributed by atoms with Gasteiger partial charge in [0.05, 0.1) is 0 Å². The Bertz CT molecular complexity index is 470. The topological polar surface area (TPSA) is 50.4 Å². The third-order valence-corrected chi connectivity index (χ3v) is 3.54. The maximum atomic E-state index is 11.5. The summed E-state index contributed by atoms with van der Waals surface area (Å²) >= 11 is 3.54. The summed E-state index contributed by atoms with van der Waals surface area (Å²) in [5, 5.41) is 6.22. The van der Waals surface area contributed by atoms with Crippen molar-refractivity contribution in [3.05, 3.63) is 28.2 Å². The van der Waals surface area contributed by atoms with Crippen molar-refractivity contribution in [3.63, 3.8) is 0 Å². The van der Waals surface area contributed by atoms with Crippen molar-refractivity contribution in [1.82, 2.24) is 10.6 Å². The van der Waals surface area contributed by atoms with Gasteiger partial charge in [-0.1, -0.05) is 22.9 Å². The summed E-state index contributed by atoms with van der Waals surface area (Å²) in [5.41, 5.74) is 1.16. The largest absolute Gasteiger partial charge is 0.484 e. The summed E-state index contributed by atoms with van der Waals surface area (Å²) in [5.74, 6) is 0.615. The fourth-order valence-electron chi connectivity index (χ4n) is 1.60. The predicted octanol–water partition coefficient (Wildman–Crippen LogP) is 3.24. The van der Waals surface area contributed by atoms with Crippen LogP contribution in [0.4, 0.5) is 0 Å². The van der Waals surface area contributed by atoms with Gasteiger partial charge in [-0.15, -0.1) is 0 Å². The molecule has 0 spiro atoms. The molecule has 0 unspecified atom stereocenters. The zero-order chi connectivity index (χ0) is 15.9. The molecule has 4 nitrogen and oxygen atoms in total. The van der Waals surface area contributed by atoms with E-state index in [4.69, 9.17) is 4.74 Å². The lowest BCUT2D eigenvalue weighted by Crippen LogP contribution is -2.35. The van der Waals surface area contributed by atoms with Gasteiger partial charge in [-0.05, 0) is 51.0 Å². The first-order valence-corrected chi connectivity index (χ1v) is 8.04. The SMILES string of the molecule is CCCNC(=O)COc1ccc(Br)c(CNC(C)(C)C)c1. The number of rotatable bonds is 7. The lowest BCUT2D eigenvalue weighted by molar-refractivity contribution is -0.123. The number of ether oxygens (including phenoxy) is 1. The monoisotopic (exact) mass is 356 g/mol. The van der Waals surface area contributed by atoms with Gasteiger partial charge in [0.25, 0.3) is 5.91 Å². The molecule has 1 aromatic carbocycles. The van der Waals surface area contributed by atoms with Crippen molar-refractivity contribution >= 4 is 21.8 Å². The minimum Gasteiger partial charge on any atom is -0.484 e. The third kappa shape index (κ3) is 7.48. The molecule has 0 bridgehead atoms. The summed E-state index contributed by atoms with van der Waals surface area (Å²) in [4.78, 5) is 11.5. The van der Waals surface area contributed by atoms with Crippen LogP contribution in [0.15, 0.2) is 22.7 Å². The molecule has 0 heterocycles. The van der Waals surface area contributed by atoms with Gasteiger partial charge in [0, 0.05) is 23.1 Å². The standard InChI is InChI=1S/C16H25BrN2O2/c1-5-8-18-15(20)11-21-13-6-7-14(17)12(9-13)10-19-16(2,3)4/h6-7,9,19H,5,8,10-11H2,1-4H3,(H,18,20). The second-order valence-electron chi connectivity index (χ2n) is 6.00. The van der Waals surface area contributed by atoms with Crippen molar-refractivity contribution in [2.75, 3.05) is 13.2 Å². The number of amides is 1. The van der Waals surface area contributed by atoms with Crippen molar-refractivity contribution in [1.29, 1.82) is 0 Å². The minimum absolute atomic E-state index is 0.0494. The average molecular weight is 357 g/mol. The van der Waals surface area contributed by atoms with E-state index in [-0.39, 0.29) is 18.1 Å². The number of nitrogens with one attached hydrogen (secondary N) is 2. The van der Waals surface area contributed by atoms with Crippen molar-refractivity contribution in [3.8, 4) is 5.75 Å². The first-order chi connectivity index (χ1) is 9.81. The number of benzene rings is 1. The Morgan fingerprint density at radius 1 is 1.33 bits per heavy atom. The van der Waals surface area contributed by atoms with Crippen LogP contribution in [0.2, 0.25) is 0 Å². The van der Waals surface area contributed by atoms with Crippen LogP contribution in [0.3, 0.4) is 0 Å². The molecule has 0 atom stereocenters. The molecule has 0 radical (unpaired) electrons. The number of halogens is 1. The average Bonchev–Trinajstić information content (AvgIpc) is 2.41. The molecule has 0 fully saturated rings. The summed E-state index contributed by atoms with van der Waals surface area (Å²) < 4.78 is 6.56. The van der Waals surface area contributed by atoms with Crippen LogP contribution in [0.25, 0.3) is 0 Å². The quantitative estimate of drug-likeness (QED) is 0.788. The number of carbonyl (C=O) groups excluding carboxylic acids is 1. The zero-order valence-corrected chi connectivity index (χ0v) is 14.8. The highest BCUT2D eigenvalue weighted by molar-refractivity contribution is 9.10. The summed E-state index contributed by atoms with van der Waals surface area (Å²) in [6.07, 6.45) is 0.923. The van der Waals surface area contributed by atoms with Crippen molar-refractivity contribution in [2.45, 2.75) is 46.2 Å². The highest BCUT2D eigenvalue weighted by Crippen LogP contribution is 2.23. The molecule has 1 aromatic rings. The number of hydrogen-bond donors (Lipinski definition) is 2. The molecule has 118 valence electrons. The van der Waals surface area contributed by atoms with Gasteiger partial charge in [0.2, 0.25) is 0 Å². The van der Waals surface area contributed by atoms with Gasteiger partial charge in [-0.2, -0.15) is 0 Å². The Balaban J connectivity index is 2.58. The molecule has 2 N–H and O–H groups in total. The molecule has 1 amide bonds. The van der Waals surface area contributed by atoms with Gasteiger partial charge < -0.3 is 15.4 Å². The number of carbonyl (C=O) groups is 1. The lowest BCUT2D eigenvalue weighted by atomic mass is 10.1. The normalized spacial score (nSPS) is 11.3. The Hall–Kier alpha value is -1.07. The second-order valence-corrected chi connectivity index (χ2v) is 6.85. The van der Waals surface area contributed by atoms with E-state index in [0.717, 1.165) is 23.0 Å². The van der Waals surface area contributed by atoms with Crippen molar-refractivity contribution < 1.29 is 9.53 Å². The molecule has 5 heteroatoms. The molecule has 1 rings (SSSR count). The lowest BCUT2D eigenvalue weighted by Gasteiger charge is -2.21. The fourth-order valence-corrected chi connectivity index (χ4v) is 1.99. The Morgan fingerprint density at radius 3 is 2.67 bits per heavy atom. The van der Waals surface area contributed by atoms with E-state index in [1.54, 1.807) is 0 Å². The van der Waals surface area contributed by atoms with Crippen LogP contribution in [0, 0.1) is 0 Å². The van der Waals surface area contributed by atoms with E-state index < -0.39 is 0 Å². The predicted molar refractivity (Wildman–Crippen MR) is 89.5 cm³/mol. The van der Waals surface area contributed by atoms with E-state index in [9.17, 15) is 4.79 Å². The van der Waals surface area contributed by atoms with Crippen LogP contribution in [-0.2, 0) is 11.3 Å². The molecule has 0 aliphatic rings. The van der Waals surface area contributed by atoms with Crippen molar-refractivity contribution in [2.24, 2.45) is 0 Å². The molecule has 0 saturated heterocycles. The molecular formula is C16H25BrN2O2. The second kappa shape index (κ2) is 8.39. The zero-order valence-electron chi connectivity index (χ0n) is 13.3. The molecular weight excluding hydrogens is 332 g/mol. The first-order valence-electron chi connectivity index (χ1n) is 7.25. The molecule has 0 aliphatic carbocycles. The Kier molecular flexibility index (Phi) is 7.18. The maximum Gasteiger partial charge on any atom is 0.257 e. The molecule has 21 heavy (non-hydrogen) atoms. The van der Waals surface area contributed by atoms with Gasteiger partial charge in [-0.25, -0.2) is 0 Å². The van der Waals surface area contributed by atoms with E-state index in [1.165, 1.54) is 0 Å². The van der Waals surface area contributed by atoms with Crippen LogP contribution in [-0.4, -0.2) is 24.6 Å². The number of hydrogen-bond acceptors (Lipinski definition) is 3. The first kappa shape index (κ1) is 18.0. The van der Waals surface area contributed by atoms with E-state index in [0.29, 0.717) is 12.3 Å². The summed E-state index contributed by atoms with van der Waals surface area (Å²) in [6, 6.07) is 5.76. The summed E-state index contributed by atoms with van der Waals surface area (Å²) in [7, 11) is 0. The fraction of sp³-hybridized carbons (Fsp3) is 0.562. The Labute approximate surface area is 135 Å². The van der Waals surface area contributed by atoms with Crippen LogP contribution >= 0.6 is 15.9 Å². The minimum atomic E-state index is -0.0888. The highest BCUT2D eigenvalue weighted by Gasteiger charge is 2.11. The van der Waals surface area contributed by atoms with E-state index in [1.807, 2.05) is 25.1 Å². The van der Waals surface area contributed by atoms with E-state index in [2.05, 4.69) is 47.3 Å². The highest BCUT2D eigenvalue weighted by atomic mass is 79.9. The smallest absolute Gasteiger partial charge is 0.257 e. The maximum absolute atomic E-state index is 11.5. The molecule has 0 aliphatic heterocycles. The van der Waals surface area contributed by atoms with Crippen LogP contribution in [0.5, 0.6) is 5.75 Å². The summed E-state index contributed by atoms with van der Waals surface area (Å²) in [6.45, 7) is 9.86. The van der Waals surface area contributed by atoms with Gasteiger partial charge in [0.15, 0.2) is 6.61 Å². The van der Waals surface area contributed by atoms with Gasteiger partial charge in [0.1, 0.15) is 5.75 Å². The van der Waals surface area contributed by atoms with Crippen LogP contribution < -0.4 is 15.4 Å². The molecule has 0 aromatic heterocycles. The van der Waals surface area contributed by atoms with E-state index >= 15 is 0 Å². The van der Waals surface area contributed by atoms with Gasteiger partial charge >= 0.3 is 0 Å². The molecule has 0 saturated carbocycles.